The van der Waals surface area contributed by atoms with Crippen LogP contribution in [-0.4, -0.2) is 66.1 Å². The van der Waals surface area contributed by atoms with Crippen molar-refractivity contribution in [1.82, 2.24) is 0 Å². The molecule has 0 heterocycles. The summed E-state index contributed by atoms with van der Waals surface area (Å²) in [4.78, 5) is 20.2. The van der Waals surface area contributed by atoms with E-state index < -0.39 is 11.9 Å². The van der Waals surface area contributed by atoms with Gasteiger partial charge in [0.2, 0.25) is 0 Å². The maximum Gasteiger partial charge on any atom is 2.00 e. The Kier molecular flexibility index (Phi) is 20.7. The third kappa shape index (κ3) is 11.2. The zero-order valence-corrected chi connectivity index (χ0v) is 13.8. The van der Waals surface area contributed by atoms with Crippen molar-refractivity contribution in [2.75, 3.05) is 0 Å². The van der Waals surface area contributed by atoms with Gasteiger partial charge in [0.05, 0.1) is 11.9 Å². The molecule has 116 valence electrons. The Balaban J connectivity index is -0.000000125. The van der Waals surface area contributed by atoms with E-state index in [0.29, 0.717) is 0 Å². The molecule has 0 unspecified atom stereocenters. The third-order valence-electron chi connectivity index (χ3n) is 2.02. The smallest absolute Gasteiger partial charge is 0.545 e. The van der Waals surface area contributed by atoms with Crippen LogP contribution in [0.5, 0.6) is 0 Å². The maximum absolute atomic E-state index is 10.1. The summed E-state index contributed by atoms with van der Waals surface area (Å²) < 4.78 is 0. The summed E-state index contributed by atoms with van der Waals surface area (Å²) in [7, 11) is 0. The molecule has 0 fully saturated rings. The van der Waals surface area contributed by atoms with Crippen LogP contribution >= 0.6 is 0 Å². The van der Waals surface area contributed by atoms with E-state index in [0.717, 1.165) is 0 Å². The van der Waals surface area contributed by atoms with Gasteiger partial charge in [-0.1, -0.05) is 60.7 Å². The number of carbonyl (C=O) groups excluding carboxylic acids is 2. The molecule has 2 aromatic carbocycles. The second-order valence-electron chi connectivity index (χ2n) is 3.31. The predicted molar refractivity (Wildman–Crippen MR) is 78.1 cm³/mol. The molecule has 7 nitrogen and oxygen atoms in total. The minimum atomic E-state index is -1.13. The number of hydrogen-bond acceptors (Lipinski definition) is 4. The molecular formula is C14H16CaO7. The van der Waals surface area contributed by atoms with E-state index in [-0.39, 0.29) is 65.3 Å². The van der Waals surface area contributed by atoms with Crippen molar-refractivity contribution in [3.63, 3.8) is 0 Å². The third-order valence-corrected chi connectivity index (χ3v) is 2.02. The van der Waals surface area contributed by atoms with E-state index in [1.54, 1.807) is 36.4 Å². The van der Waals surface area contributed by atoms with Gasteiger partial charge in [0, 0.05) is 0 Å². The van der Waals surface area contributed by atoms with Crippen molar-refractivity contribution in [1.29, 1.82) is 0 Å². The molecule has 8 heteroatoms. The van der Waals surface area contributed by atoms with E-state index in [1.807, 2.05) is 0 Å². The molecule has 0 amide bonds. The number of carboxylic acids is 2. The molecule has 2 aromatic rings. The first kappa shape index (κ1) is 28.6. The second-order valence-corrected chi connectivity index (χ2v) is 3.31. The number of rotatable bonds is 2. The summed E-state index contributed by atoms with van der Waals surface area (Å²) in [6.45, 7) is 0. The van der Waals surface area contributed by atoms with Gasteiger partial charge in [0.1, 0.15) is 0 Å². The fraction of sp³-hybridized carbons (Fsp3) is 0. The first-order valence-electron chi connectivity index (χ1n) is 5.14. The van der Waals surface area contributed by atoms with Gasteiger partial charge in [-0.05, 0) is 11.1 Å². The Morgan fingerprint density at radius 3 is 0.955 bits per heavy atom. The van der Waals surface area contributed by atoms with Crippen LogP contribution in [0.3, 0.4) is 0 Å². The summed E-state index contributed by atoms with van der Waals surface area (Å²) in [5.74, 6) is -2.26. The van der Waals surface area contributed by atoms with Crippen LogP contribution in [-0.2, 0) is 0 Å². The van der Waals surface area contributed by atoms with E-state index in [4.69, 9.17) is 0 Å². The Labute approximate surface area is 157 Å². The van der Waals surface area contributed by atoms with Gasteiger partial charge in [-0.15, -0.1) is 0 Å². The fourth-order valence-corrected chi connectivity index (χ4v) is 1.15. The van der Waals surface area contributed by atoms with Crippen LogP contribution in [0.4, 0.5) is 0 Å². The van der Waals surface area contributed by atoms with Crippen LogP contribution in [0, 0.1) is 0 Å². The molecule has 22 heavy (non-hydrogen) atoms. The molecule has 0 aliphatic heterocycles. The molecule has 0 atom stereocenters. The maximum atomic E-state index is 10.1. The average Bonchev–Trinajstić information content (AvgIpc) is 2.41. The fourth-order valence-electron chi connectivity index (χ4n) is 1.15. The number of carboxylic acid groups (broad SMARTS) is 2. The van der Waals surface area contributed by atoms with Crippen molar-refractivity contribution < 1.29 is 36.2 Å². The minimum Gasteiger partial charge on any atom is -0.545 e. The summed E-state index contributed by atoms with van der Waals surface area (Å²) >= 11 is 0. The number of hydrogen-bond donors (Lipinski definition) is 0. The van der Waals surface area contributed by atoms with Gasteiger partial charge in [0.25, 0.3) is 0 Å². The van der Waals surface area contributed by atoms with Gasteiger partial charge in [-0.2, -0.15) is 0 Å². The molecule has 0 bridgehead atoms. The number of aromatic carboxylic acids is 2. The van der Waals surface area contributed by atoms with Gasteiger partial charge in [-0.25, -0.2) is 0 Å². The summed E-state index contributed by atoms with van der Waals surface area (Å²) in [5, 5.41) is 20.2. The van der Waals surface area contributed by atoms with E-state index in [9.17, 15) is 19.8 Å². The standard InChI is InChI=1S/2C7H6O2.Ca.3H2O/c2*8-7(9)6-4-2-1-3-5-6;;;;/h2*1-5H,(H,8,9);;3*1H2/q;;+2;;;/p-2. The molecule has 0 spiro atoms. The normalized spacial score (nSPS) is 7.27. The summed E-state index contributed by atoms with van der Waals surface area (Å²) in [6, 6.07) is 16.1. The van der Waals surface area contributed by atoms with Crippen molar-refractivity contribution >= 4 is 49.7 Å². The molecule has 2 rings (SSSR count). The zero-order valence-electron chi connectivity index (χ0n) is 11.6. The van der Waals surface area contributed by atoms with E-state index in [2.05, 4.69) is 0 Å². The Hall–Kier alpha value is -1.48. The van der Waals surface area contributed by atoms with Crippen LogP contribution in [0.1, 0.15) is 20.7 Å². The van der Waals surface area contributed by atoms with Gasteiger partial charge in [-0.3, -0.25) is 0 Å². The average molecular weight is 336 g/mol. The van der Waals surface area contributed by atoms with Crippen LogP contribution in [0.25, 0.3) is 0 Å². The Bertz CT molecular complexity index is 468. The van der Waals surface area contributed by atoms with Crippen molar-refractivity contribution in [2.45, 2.75) is 0 Å². The molecule has 0 aromatic heterocycles. The molecule has 0 aliphatic rings. The van der Waals surface area contributed by atoms with Crippen molar-refractivity contribution in [2.24, 2.45) is 0 Å². The number of benzene rings is 2. The van der Waals surface area contributed by atoms with Crippen LogP contribution in [0.2, 0.25) is 0 Å². The molecule has 0 radical (unpaired) electrons. The molecular weight excluding hydrogens is 320 g/mol. The van der Waals surface area contributed by atoms with Crippen LogP contribution < -0.4 is 10.2 Å². The Morgan fingerprint density at radius 2 is 0.818 bits per heavy atom. The molecule has 0 saturated heterocycles. The topological polar surface area (TPSA) is 175 Å². The largest absolute Gasteiger partial charge is 2.00 e. The summed E-state index contributed by atoms with van der Waals surface area (Å²) in [6.07, 6.45) is 0. The van der Waals surface area contributed by atoms with E-state index in [1.165, 1.54) is 24.3 Å². The molecule has 0 aliphatic carbocycles. The van der Waals surface area contributed by atoms with Crippen molar-refractivity contribution in [3.05, 3.63) is 71.8 Å². The predicted octanol–water partition coefficient (Wildman–Crippen LogP) is -2.75. The first-order valence-corrected chi connectivity index (χ1v) is 5.14. The van der Waals surface area contributed by atoms with Gasteiger partial charge in [0.15, 0.2) is 0 Å². The Morgan fingerprint density at radius 1 is 0.591 bits per heavy atom. The number of carbonyl (C=O) groups is 2. The second kappa shape index (κ2) is 15.9. The quantitative estimate of drug-likeness (QED) is 0.540. The molecule has 0 saturated carbocycles. The van der Waals surface area contributed by atoms with Gasteiger partial charge >= 0.3 is 37.7 Å². The van der Waals surface area contributed by atoms with Gasteiger partial charge < -0.3 is 36.2 Å². The SMILES string of the molecule is O.O.O.O=C([O-])c1ccccc1.O=C([O-])c1ccccc1.[Ca+2]. The zero-order chi connectivity index (χ0) is 13.4. The van der Waals surface area contributed by atoms with Crippen LogP contribution in [0.15, 0.2) is 60.7 Å². The minimum absolute atomic E-state index is 0. The molecule has 6 N–H and O–H groups in total. The van der Waals surface area contributed by atoms with E-state index >= 15 is 0 Å². The first-order chi connectivity index (χ1) is 8.61. The van der Waals surface area contributed by atoms with Crippen molar-refractivity contribution in [3.8, 4) is 0 Å². The monoisotopic (exact) mass is 336 g/mol. The summed E-state index contributed by atoms with van der Waals surface area (Å²) in [5.41, 5.74) is 0.440.